The second kappa shape index (κ2) is 5.65. The normalized spacial score (nSPS) is 10.3. The van der Waals surface area contributed by atoms with Gasteiger partial charge in [-0.3, -0.25) is 10.1 Å². The summed E-state index contributed by atoms with van der Waals surface area (Å²) in [5, 5.41) is 13.6. The summed E-state index contributed by atoms with van der Waals surface area (Å²) in [6.45, 7) is 1.38. The fourth-order valence-electron chi connectivity index (χ4n) is 1.59. The van der Waals surface area contributed by atoms with Gasteiger partial charge in [-0.05, 0) is 19.1 Å². The minimum Gasteiger partial charge on any atom is -0.430 e. The number of aromatic nitrogens is 2. The van der Waals surface area contributed by atoms with E-state index in [1.165, 1.54) is 14.0 Å². The minimum absolute atomic E-state index is 0.0335. The summed E-state index contributed by atoms with van der Waals surface area (Å²) in [6, 6.07) is 2.53. The van der Waals surface area contributed by atoms with Crippen molar-refractivity contribution in [3.8, 4) is 11.6 Å². The molecule has 110 valence electrons. The molecule has 1 N–H and O–H groups in total. The quantitative estimate of drug-likeness (QED) is 0.689. The van der Waals surface area contributed by atoms with Gasteiger partial charge in [-0.15, -0.1) is 0 Å². The largest absolute Gasteiger partial charge is 0.430 e. The molecular weight excluding hydrogens is 286 g/mol. The SMILES string of the molecule is CNc1nc(C)c([N+](=O)[O-])c(Oc2cc(F)ccc2F)n1. The summed E-state index contributed by atoms with van der Waals surface area (Å²) >= 11 is 0. The van der Waals surface area contributed by atoms with Gasteiger partial charge in [0.05, 0.1) is 4.92 Å². The average Bonchev–Trinajstić information content (AvgIpc) is 2.41. The molecule has 7 nitrogen and oxygen atoms in total. The van der Waals surface area contributed by atoms with Gasteiger partial charge in [0.2, 0.25) is 5.95 Å². The monoisotopic (exact) mass is 296 g/mol. The Morgan fingerprint density at radius 2 is 2.05 bits per heavy atom. The van der Waals surface area contributed by atoms with Crippen molar-refractivity contribution in [2.75, 3.05) is 12.4 Å². The van der Waals surface area contributed by atoms with Gasteiger partial charge in [-0.2, -0.15) is 4.98 Å². The molecule has 0 spiro atoms. The molecular formula is C12H10F2N4O3. The third-order valence-corrected chi connectivity index (χ3v) is 2.53. The van der Waals surface area contributed by atoms with Crippen LogP contribution in [0.2, 0.25) is 0 Å². The number of nitrogens with one attached hydrogen (secondary N) is 1. The van der Waals surface area contributed by atoms with Gasteiger partial charge in [0, 0.05) is 13.1 Å². The van der Waals surface area contributed by atoms with Crippen LogP contribution in [0.1, 0.15) is 5.69 Å². The van der Waals surface area contributed by atoms with E-state index >= 15 is 0 Å². The first-order chi connectivity index (χ1) is 9.92. The van der Waals surface area contributed by atoms with E-state index in [4.69, 9.17) is 4.74 Å². The van der Waals surface area contributed by atoms with E-state index in [1.807, 2.05) is 0 Å². The molecule has 2 aromatic rings. The lowest BCUT2D eigenvalue weighted by atomic mass is 10.3. The molecule has 1 aromatic carbocycles. The molecule has 2 rings (SSSR count). The Hall–Kier alpha value is -2.84. The number of nitrogens with zero attached hydrogens (tertiary/aromatic N) is 3. The van der Waals surface area contributed by atoms with Crippen molar-refractivity contribution in [1.29, 1.82) is 0 Å². The molecule has 21 heavy (non-hydrogen) atoms. The van der Waals surface area contributed by atoms with Crippen LogP contribution in [-0.2, 0) is 0 Å². The molecule has 0 amide bonds. The van der Waals surface area contributed by atoms with E-state index < -0.39 is 33.9 Å². The Balaban J connectivity index is 2.54. The number of rotatable bonds is 4. The number of benzene rings is 1. The van der Waals surface area contributed by atoms with Crippen LogP contribution in [0.3, 0.4) is 0 Å². The summed E-state index contributed by atoms with van der Waals surface area (Å²) in [6.07, 6.45) is 0. The van der Waals surface area contributed by atoms with E-state index in [9.17, 15) is 18.9 Å². The van der Waals surface area contributed by atoms with E-state index in [0.717, 1.165) is 18.2 Å². The van der Waals surface area contributed by atoms with Crippen LogP contribution in [0, 0.1) is 28.7 Å². The topological polar surface area (TPSA) is 90.2 Å². The molecule has 9 heteroatoms. The highest BCUT2D eigenvalue weighted by atomic mass is 19.1. The van der Waals surface area contributed by atoms with Crippen molar-refractivity contribution in [1.82, 2.24) is 9.97 Å². The van der Waals surface area contributed by atoms with Crippen LogP contribution in [0.5, 0.6) is 11.6 Å². The molecule has 0 atom stereocenters. The predicted molar refractivity (Wildman–Crippen MR) is 69.4 cm³/mol. The fraction of sp³-hybridized carbons (Fsp3) is 0.167. The molecule has 1 aromatic heterocycles. The first kappa shape index (κ1) is 14.6. The second-order valence-corrected chi connectivity index (χ2v) is 3.97. The maximum atomic E-state index is 13.6. The zero-order valence-electron chi connectivity index (χ0n) is 11.1. The van der Waals surface area contributed by atoms with Crippen molar-refractivity contribution < 1.29 is 18.4 Å². The van der Waals surface area contributed by atoms with E-state index in [1.54, 1.807) is 0 Å². The van der Waals surface area contributed by atoms with Crippen LogP contribution < -0.4 is 10.1 Å². The lowest BCUT2D eigenvalue weighted by Crippen LogP contribution is -2.05. The summed E-state index contributed by atoms with van der Waals surface area (Å²) in [5.74, 6) is -2.52. The third kappa shape index (κ3) is 3.02. The fourth-order valence-corrected chi connectivity index (χ4v) is 1.59. The summed E-state index contributed by atoms with van der Waals surface area (Å²) < 4.78 is 31.7. The molecule has 0 aliphatic heterocycles. The average molecular weight is 296 g/mol. The Kier molecular flexibility index (Phi) is 3.92. The molecule has 0 aliphatic rings. The number of anilines is 1. The van der Waals surface area contributed by atoms with Crippen LogP contribution in [0.15, 0.2) is 18.2 Å². The van der Waals surface area contributed by atoms with Gasteiger partial charge in [-0.25, -0.2) is 13.8 Å². The molecule has 0 saturated heterocycles. The lowest BCUT2D eigenvalue weighted by molar-refractivity contribution is -0.386. The minimum atomic E-state index is -0.868. The summed E-state index contributed by atoms with van der Waals surface area (Å²) in [4.78, 5) is 17.9. The van der Waals surface area contributed by atoms with Gasteiger partial charge in [0.1, 0.15) is 11.5 Å². The zero-order chi connectivity index (χ0) is 15.6. The van der Waals surface area contributed by atoms with Crippen LogP contribution in [-0.4, -0.2) is 21.9 Å². The standard InChI is InChI=1S/C12H10F2N4O3/c1-6-10(18(19)20)11(17-12(15-2)16-6)21-9-5-7(13)3-4-8(9)14/h3-5H,1-2H3,(H,15,16,17). The Labute approximate surface area is 117 Å². The smallest absolute Gasteiger partial charge is 0.352 e. The Bertz CT molecular complexity index is 709. The van der Waals surface area contributed by atoms with Gasteiger partial charge < -0.3 is 10.1 Å². The predicted octanol–water partition coefficient (Wildman–Crippen LogP) is 2.81. The summed E-state index contributed by atoms with van der Waals surface area (Å²) in [7, 11) is 1.51. The highest BCUT2D eigenvalue weighted by molar-refractivity contribution is 5.50. The number of aryl methyl sites for hydroxylation is 1. The van der Waals surface area contributed by atoms with Gasteiger partial charge in [-0.1, -0.05) is 0 Å². The second-order valence-electron chi connectivity index (χ2n) is 3.97. The Morgan fingerprint density at radius 3 is 2.67 bits per heavy atom. The maximum absolute atomic E-state index is 13.6. The number of ether oxygens (including phenoxy) is 1. The number of halogens is 2. The van der Waals surface area contributed by atoms with Crippen molar-refractivity contribution in [3.63, 3.8) is 0 Å². The molecule has 0 radical (unpaired) electrons. The zero-order valence-corrected chi connectivity index (χ0v) is 11.1. The van der Waals surface area contributed by atoms with Gasteiger partial charge >= 0.3 is 11.6 Å². The molecule has 0 unspecified atom stereocenters. The van der Waals surface area contributed by atoms with E-state index in [2.05, 4.69) is 15.3 Å². The third-order valence-electron chi connectivity index (χ3n) is 2.53. The summed E-state index contributed by atoms with van der Waals surface area (Å²) in [5.41, 5.74) is -0.483. The first-order valence-electron chi connectivity index (χ1n) is 5.76. The van der Waals surface area contributed by atoms with E-state index in [0.29, 0.717) is 0 Å². The van der Waals surface area contributed by atoms with Crippen molar-refractivity contribution >= 4 is 11.6 Å². The van der Waals surface area contributed by atoms with Crippen LogP contribution in [0.4, 0.5) is 20.4 Å². The highest BCUT2D eigenvalue weighted by Crippen LogP contribution is 2.33. The van der Waals surface area contributed by atoms with E-state index in [-0.39, 0.29) is 11.6 Å². The van der Waals surface area contributed by atoms with Crippen molar-refractivity contribution in [3.05, 3.63) is 45.6 Å². The number of hydrogen-bond acceptors (Lipinski definition) is 6. The maximum Gasteiger partial charge on any atom is 0.352 e. The van der Waals surface area contributed by atoms with Crippen LogP contribution in [0.25, 0.3) is 0 Å². The van der Waals surface area contributed by atoms with Crippen molar-refractivity contribution in [2.45, 2.75) is 6.92 Å². The molecule has 0 fully saturated rings. The number of hydrogen-bond donors (Lipinski definition) is 1. The van der Waals surface area contributed by atoms with Crippen LogP contribution >= 0.6 is 0 Å². The molecule has 0 bridgehead atoms. The van der Waals surface area contributed by atoms with Gasteiger partial charge in [0.25, 0.3) is 0 Å². The molecule has 0 saturated carbocycles. The van der Waals surface area contributed by atoms with Crippen molar-refractivity contribution in [2.24, 2.45) is 0 Å². The molecule has 0 aliphatic carbocycles. The first-order valence-corrected chi connectivity index (χ1v) is 5.76. The lowest BCUT2D eigenvalue weighted by Gasteiger charge is -2.09. The highest BCUT2D eigenvalue weighted by Gasteiger charge is 2.25. The Morgan fingerprint density at radius 1 is 1.33 bits per heavy atom. The molecule has 1 heterocycles. The number of nitro groups is 1. The van der Waals surface area contributed by atoms with Gasteiger partial charge in [0.15, 0.2) is 11.6 Å².